The quantitative estimate of drug-likeness (QED) is 0.804. The molecule has 1 atom stereocenters. The summed E-state index contributed by atoms with van der Waals surface area (Å²) in [5, 5.41) is 0. The van der Waals surface area contributed by atoms with Crippen LogP contribution in [0, 0.1) is 6.92 Å². The number of esters is 1. The monoisotopic (exact) mass is 293 g/mol. The van der Waals surface area contributed by atoms with Gasteiger partial charge in [0.05, 0.1) is 18.0 Å². The average molecular weight is 293 g/mol. The standard InChI is InChI=1S/C19H19NO2/c1-4-22-18(21)19(3)16-13(2)9-8-12-15(16)20-17(19)14-10-6-5-7-11-14/h5-12H,4H2,1-3H3. The third-order valence-corrected chi connectivity index (χ3v) is 4.19. The number of rotatable bonds is 3. The maximum absolute atomic E-state index is 12.8. The van der Waals surface area contributed by atoms with Crippen LogP contribution >= 0.6 is 0 Å². The number of carbonyl (C=O) groups is 1. The fourth-order valence-corrected chi connectivity index (χ4v) is 3.17. The molecule has 1 unspecified atom stereocenters. The van der Waals surface area contributed by atoms with E-state index in [1.165, 1.54) is 0 Å². The molecule has 3 rings (SSSR count). The molecule has 22 heavy (non-hydrogen) atoms. The van der Waals surface area contributed by atoms with Crippen LogP contribution in [0.4, 0.5) is 5.69 Å². The topological polar surface area (TPSA) is 38.7 Å². The molecule has 2 aromatic rings. The molecular formula is C19H19NO2. The predicted octanol–water partition coefficient (Wildman–Crippen LogP) is 3.95. The molecule has 0 spiro atoms. The Labute approximate surface area is 130 Å². The smallest absolute Gasteiger partial charge is 0.322 e. The van der Waals surface area contributed by atoms with Crippen LogP contribution in [-0.2, 0) is 14.9 Å². The molecular weight excluding hydrogens is 274 g/mol. The minimum absolute atomic E-state index is 0.245. The van der Waals surface area contributed by atoms with Crippen molar-refractivity contribution in [2.75, 3.05) is 6.61 Å². The van der Waals surface area contributed by atoms with Crippen molar-refractivity contribution in [3.8, 4) is 0 Å². The Bertz CT molecular complexity index is 749. The molecule has 3 heteroatoms. The number of ether oxygens (including phenoxy) is 1. The Morgan fingerprint density at radius 3 is 2.55 bits per heavy atom. The van der Waals surface area contributed by atoms with Gasteiger partial charge in [0.1, 0.15) is 5.41 Å². The molecule has 0 radical (unpaired) electrons. The lowest BCUT2D eigenvalue weighted by atomic mass is 9.75. The lowest BCUT2D eigenvalue weighted by Crippen LogP contribution is -2.41. The van der Waals surface area contributed by atoms with Crippen LogP contribution in [0.25, 0.3) is 0 Å². The number of fused-ring (bicyclic) bond motifs is 1. The van der Waals surface area contributed by atoms with E-state index in [4.69, 9.17) is 9.73 Å². The van der Waals surface area contributed by atoms with Crippen LogP contribution < -0.4 is 0 Å². The second-order valence-electron chi connectivity index (χ2n) is 5.64. The molecule has 0 saturated heterocycles. The lowest BCUT2D eigenvalue weighted by Gasteiger charge is -2.26. The fraction of sp³-hybridized carbons (Fsp3) is 0.263. The van der Waals surface area contributed by atoms with E-state index in [2.05, 4.69) is 0 Å². The van der Waals surface area contributed by atoms with Gasteiger partial charge in [-0.3, -0.25) is 9.79 Å². The van der Waals surface area contributed by atoms with Crippen molar-refractivity contribution in [2.24, 2.45) is 4.99 Å². The van der Waals surface area contributed by atoms with Gasteiger partial charge in [-0.25, -0.2) is 0 Å². The van der Waals surface area contributed by atoms with Crippen molar-refractivity contribution < 1.29 is 9.53 Å². The SMILES string of the molecule is CCOC(=O)C1(C)C(c2ccccc2)=Nc2cccc(C)c21. The summed E-state index contributed by atoms with van der Waals surface area (Å²) in [6, 6.07) is 15.8. The van der Waals surface area contributed by atoms with Crippen molar-refractivity contribution in [2.45, 2.75) is 26.2 Å². The van der Waals surface area contributed by atoms with Gasteiger partial charge in [0, 0.05) is 5.56 Å². The third-order valence-electron chi connectivity index (χ3n) is 4.19. The normalized spacial score (nSPS) is 19.5. The number of carbonyl (C=O) groups excluding carboxylic acids is 1. The van der Waals surface area contributed by atoms with Crippen molar-refractivity contribution in [3.05, 3.63) is 65.2 Å². The van der Waals surface area contributed by atoms with Crippen molar-refractivity contribution in [1.82, 2.24) is 0 Å². The van der Waals surface area contributed by atoms with Crippen LogP contribution in [0.3, 0.4) is 0 Å². The second kappa shape index (κ2) is 5.41. The van der Waals surface area contributed by atoms with Crippen molar-refractivity contribution in [3.63, 3.8) is 0 Å². The Hall–Kier alpha value is -2.42. The van der Waals surface area contributed by atoms with Crippen LogP contribution in [0.15, 0.2) is 53.5 Å². The number of aliphatic imine (C=N–C) groups is 1. The Morgan fingerprint density at radius 2 is 1.86 bits per heavy atom. The molecule has 0 N–H and O–H groups in total. The highest BCUT2D eigenvalue weighted by Crippen LogP contribution is 2.44. The summed E-state index contributed by atoms with van der Waals surface area (Å²) in [5.41, 5.74) is 3.71. The van der Waals surface area contributed by atoms with E-state index in [1.807, 2.05) is 69.3 Å². The molecule has 0 fully saturated rings. The Morgan fingerprint density at radius 1 is 1.14 bits per heavy atom. The first-order valence-electron chi connectivity index (χ1n) is 7.51. The number of hydrogen-bond donors (Lipinski definition) is 0. The van der Waals surface area contributed by atoms with E-state index in [0.29, 0.717) is 6.61 Å². The predicted molar refractivity (Wildman–Crippen MR) is 87.8 cm³/mol. The zero-order valence-electron chi connectivity index (χ0n) is 13.1. The number of nitrogens with zero attached hydrogens (tertiary/aromatic N) is 1. The lowest BCUT2D eigenvalue weighted by molar-refractivity contribution is -0.146. The van der Waals surface area contributed by atoms with Gasteiger partial charge in [-0.2, -0.15) is 0 Å². The summed E-state index contributed by atoms with van der Waals surface area (Å²) in [6.07, 6.45) is 0. The second-order valence-corrected chi connectivity index (χ2v) is 5.64. The van der Waals surface area contributed by atoms with Gasteiger partial charge in [0.2, 0.25) is 0 Å². The van der Waals surface area contributed by atoms with E-state index in [0.717, 1.165) is 28.1 Å². The highest BCUT2D eigenvalue weighted by molar-refractivity contribution is 6.23. The van der Waals surface area contributed by atoms with E-state index in [-0.39, 0.29) is 5.97 Å². The average Bonchev–Trinajstić information content (AvgIpc) is 2.84. The highest BCUT2D eigenvalue weighted by atomic mass is 16.5. The number of hydrogen-bond acceptors (Lipinski definition) is 3. The van der Waals surface area contributed by atoms with Gasteiger partial charge in [-0.15, -0.1) is 0 Å². The molecule has 0 bridgehead atoms. The molecule has 3 nitrogen and oxygen atoms in total. The highest BCUT2D eigenvalue weighted by Gasteiger charge is 2.48. The van der Waals surface area contributed by atoms with E-state index in [1.54, 1.807) is 0 Å². The number of aryl methyl sites for hydroxylation is 1. The van der Waals surface area contributed by atoms with E-state index in [9.17, 15) is 4.79 Å². The first kappa shape index (κ1) is 14.5. The van der Waals surface area contributed by atoms with Gasteiger partial charge in [0.15, 0.2) is 0 Å². The van der Waals surface area contributed by atoms with Gasteiger partial charge in [-0.1, -0.05) is 42.5 Å². The van der Waals surface area contributed by atoms with Gasteiger partial charge in [0.25, 0.3) is 0 Å². The van der Waals surface area contributed by atoms with Gasteiger partial charge >= 0.3 is 5.97 Å². The fourth-order valence-electron chi connectivity index (χ4n) is 3.17. The molecule has 112 valence electrons. The van der Waals surface area contributed by atoms with Gasteiger partial charge in [-0.05, 0) is 38.0 Å². The molecule has 1 aliphatic heterocycles. The minimum atomic E-state index is -0.863. The Kier molecular flexibility index (Phi) is 3.57. The van der Waals surface area contributed by atoms with Crippen LogP contribution in [0.1, 0.15) is 30.5 Å². The van der Waals surface area contributed by atoms with Crippen molar-refractivity contribution >= 4 is 17.4 Å². The molecule has 1 heterocycles. The molecule has 0 aromatic heterocycles. The molecule has 0 saturated carbocycles. The van der Waals surface area contributed by atoms with Crippen LogP contribution in [-0.4, -0.2) is 18.3 Å². The van der Waals surface area contributed by atoms with E-state index < -0.39 is 5.41 Å². The molecule has 2 aromatic carbocycles. The summed E-state index contributed by atoms with van der Waals surface area (Å²) >= 11 is 0. The molecule has 1 aliphatic rings. The first-order valence-corrected chi connectivity index (χ1v) is 7.51. The maximum atomic E-state index is 12.8. The molecule has 0 aliphatic carbocycles. The largest absolute Gasteiger partial charge is 0.465 e. The maximum Gasteiger partial charge on any atom is 0.322 e. The van der Waals surface area contributed by atoms with Gasteiger partial charge < -0.3 is 4.74 Å². The van der Waals surface area contributed by atoms with Crippen molar-refractivity contribution in [1.29, 1.82) is 0 Å². The number of benzene rings is 2. The molecule has 0 amide bonds. The summed E-state index contributed by atoms with van der Waals surface area (Å²) < 4.78 is 5.37. The minimum Gasteiger partial charge on any atom is -0.465 e. The van der Waals surface area contributed by atoms with Crippen LogP contribution in [0.2, 0.25) is 0 Å². The summed E-state index contributed by atoms with van der Waals surface area (Å²) in [4.78, 5) is 17.5. The summed E-state index contributed by atoms with van der Waals surface area (Å²) in [5.74, 6) is -0.245. The zero-order valence-corrected chi connectivity index (χ0v) is 13.1. The van der Waals surface area contributed by atoms with Crippen LogP contribution in [0.5, 0.6) is 0 Å². The summed E-state index contributed by atoms with van der Waals surface area (Å²) in [6.45, 7) is 6.11. The Balaban J connectivity index is 2.22. The zero-order chi connectivity index (χ0) is 15.7. The summed E-state index contributed by atoms with van der Waals surface area (Å²) in [7, 11) is 0. The third kappa shape index (κ3) is 2.05. The first-order chi connectivity index (χ1) is 10.6. The van der Waals surface area contributed by atoms with E-state index >= 15 is 0 Å².